The van der Waals surface area contributed by atoms with E-state index in [2.05, 4.69) is 5.32 Å². The van der Waals surface area contributed by atoms with Crippen molar-refractivity contribution in [3.05, 3.63) is 35.1 Å². The number of Topliss-reactive ketones (excluding diaryl/α,β-unsaturated/α-hetero) is 1. The normalized spacial score (nSPS) is 12.5. The zero-order valence-corrected chi connectivity index (χ0v) is 9.30. The van der Waals surface area contributed by atoms with Gasteiger partial charge in [-0.1, -0.05) is 18.6 Å². The lowest BCUT2D eigenvalue weighted by atomic mass is 9.97. The largest absolute Gasteiger partial charge is 0.319 e. The first-order chi connectivity index (χ1) is 7.06. The minimum atomic E-state index is -0.437. The summed E-state index contributed by atoms with van der Waals surface area (Å²) < 4.78 is 13.4. The van der Waals surface area contributed by atoms with E-state index in [-0.39, 0.29) is 17.3 Å². The minimum absolute atomic E-state index is 0.148. The van der Waals surface area contributed by atoms with Gasteiger partial charge < -0.3 is 5.32 Å². The van der Waals surface area contributed by atoms with Crippen molar-refractivity contribution in [2.45, 2.75) is 13.8 Å². The lowest BCUT2D eigenvalue weighted by molar-refractivity contribution is 0.0926. The minimum Gasteiger partial charge on any atom is -0.319 e. The van der Waals surface area contributed by atoms with Crippen molar-refractivity contribution < 1.29 is 9.18 Å². The van der Waals surface area contributed by atoms with E-state index in [1.54, 1.807) is 26.1 Å². The Hall–Kier alpha value is -1.22. The van der Waals surface area contributed by atoms with Crippen LogP contribution in [-0.4, -0.2) is 19.4 Å². The van der Waals surface area contributed by atoms with Crippen LogP contribution < -0.4 is 5.32 Å². The summed E-state index contributed by atoms with van der Waals surface area (Å²) >= 11 is 0. The zero-order valence-electron chi connectivity index (χ0n) is 9.30. The molecule has 82 valence electrons. The first kappa shape index (κ1) is 11.9. The van der Waals surface area contributed by atoms with Gasteiger partial charge >= 0.3 is 0 Å². The Morgan fingerprint density at radius 1 is 1.53 bits per heavy atom. The Morgan fingerprint density at radius 2 is 2.20 bits per heavy atom. The highest BCUT2D eigenvalue weighted by Gasteiger charge is 2.17. The van der Waals surface area contributed by atoms with Crippen LogP contribution in [0.4, 0.5) is 4.39 Å². The molecule has 0 radical (unpaired) electrons. The molecule has 0 heterocycles. The zero-order chi connectivity index (χ0) is 11.4. The number of hydrogen-bond acceptors (Lipinski definition) is 2. The quantitative estimate of drug-likeness (QED) is 0.770. The maximum Gasteiger partial charge on any atom is 0.169 e. The molecule has 1 aromatic rings. The Balaban J connectivity index is 2.95. The van der Waals surface area contributed by atoms with Crippen molar-refractivity contribution in [1.82, 2.24) is 5.32 Å². The molecule has 0 fully saturated rings. The van der Waals surface area contributed by atoms with Gasteiger partial charge in [0.05, 0.1) is 5.56 Å². The molecule has 2 nitrogen and oxygen atoms in total. The SMILES string of the molecule is CNCC(C)C(=O)c1cc(C)ccc1F. The number of benzene rings is 1. The van der Waals surface area contributed by atoms with Gasteiger partial charge in [-0.3, -0.25) is 4.79 Å². The summed E-state index contributed by atoms with van der Waals surface area (Å²) in [5.41, 5.74) is 1.09. The number of ketones is 1. The molecule has 0 amide bonds. The predicted molar refractivity (Wildman–Crippen MR) is 58.6 cm³/mol. The van der Waals surface area contributed by atoms with E-state index in [0.717, 1.165) is 5.56 Å². The molecule has 0 spiro atoms. The van der Waals surface area contributed by atoms with Crippen molar-refractivity contribution in [2.24, 2.45) is 5.92 Å². The summed E-state index contributed by atoms with van der Waals surface area (Å²) in [5.74, 6) is -0.787. The molecule has 0 aliphatic carbocycles. The smallest absolute Gasteiger partial charge is 0.169 e. The molecule has 1 aromatic carbocycles. The van der Waals surface area contributed by atoms with E-state index >= 15 is 0 Å². The number of carbonyl (C=O) groups is 1. The highest BCUT2D eigenvalue weighted by Crippen LogP contribution is 2.14. The number of aryl methyl sites for hydroxylation is 1. The Labute approximate surface area is 89.5 Å². The summed E-state index contributed by atoms with van der Waals surface area (Å²) in [7, 11) is 1.77. The maximum absolute atomic E-state index is 13.4. The van der Waals surface area contributed by atoms with E-state index < -0.39 is 5.82 Å². The van der Waals surface area contributed by atoms with Gasteiger partial charge in [0.15, 0.2) is 5.78 Å². The summed E-state index contributed by atoms with van der Waals surface area (Å²) in [6.45, 7) is 4.20. The third kappa shape index (κ3) is 2.86. The lowest BCUT2D eigenvalue weighted by Gasteiger charge is -2.10. The van der Waals surface area contributed by atoms with Crippen molar-refractivity contribution in [1.29, 1.82) is 0 Å². The van der Waals surface area contributed by atoms with Crippen molar-refractivity contribution >= 4 is 5.78 Å². The summed E-state index contributed by atoms with van der Waals surface area (Å²) in [6, 6.07) is 4.60. The Kier molecular flexibility index (Phi) is 3.97. The molecule has 3 heteroatoms. The first-order valence-corrected chi connectivity index (χ1v) is 5.01. The molecule has 0 saturated carbocycles. The summed E-state index contributed by atoms with van der Waals surface area (Å²) in [5, 5.41) is 2.91. The fraction of sp³-hybridized carbons (Fsp3) is 0.417. The average molecular weight is 209 g/mol. The van der Waals surface area contributed by atoms with Gasteiger partial charge in [0.1, 0.15) is 5.82 Å². The van der Waals surface area contributed by atoms with Crippen LogP contribution in [0.1, 0.15) is 22.8 Å². The van der Waals surface area contributed by atoms with Gasteiger partial charge in [0.25, 0.3) is 0 Å². The first-order valence-electron chi connectivity index (χ1n) is 5.01. The van der Waals surface area contributed by atoms with Gasteiger partial charge in [-0.05, 0) is 26.1 Å². The third-order valence-corrected chi connectivity index (χ3v) is 2.35. The molecule has 1 unspecified atom stereocenters. The lowest BCUT2D eigenvalue weighted by Crippen LogP contribution is -2.24. The van der Waals surface area contributed by atoms with Crippen LogP contribution in [0.15, 0.2) is 18.2 Å². The van der Waals surface area contributed by atoms with Gasteiger partial charge in [-0.25, -0.2) is 4.39 Å². The fourth-order valence-electron chi connectivity index (χ4n) is 1.49. The van der Waals surface area contributed by atoms with Crippen LogP contribution in [0.25, 0.3) is 0 Å². The summed E-state index contributed by atoms with van der Waals surface area (Å²) in [4.78, 5) is 11.8. The third-order valence-electron chi connectivity index (χ3n) is 2.35. The molecular weight excluding hydrogens is 193 g/mol. The fourth-order valence-corrected chi connectivity index (χ4v) is 1.49. The van der Waals surface area contributed by atoms with E-state index in [1.807, 2.05) is 6.92 Å². The molecule has 0 aliphatic heterocycles. The second kappa shape index (κ2) is 5.03. The Morgan fingerprint density at radius 3 is 2.80 bits per heavy atom. The van der Waals surface area contributed by atoms with Crippen molar-refractivity contribution in [2.75, 3.05) is 13.6 Å². The average Bonchev–Trinajstić information content (AvgIpc) is 2.21. The second-order valence-corrected chi connectivity index (χ2v) is 3.81. The molecule has 15 heavy (non-hydrogen) atoms. The molecule has 0 bridgehead atoms. The van der Waals surface area contributed by atoms with Crippen LogP contribution >= 0.6 is 0 Å². The standard InChI is InChI=1S/C12H16FNO/c1-8-4-5-11(13)10(6-8)12(15)9(2)7-14-3/h4-6,9,14H,7H2,1-3H3. The number of halogens is 1. The molecular formula is C12H16FNO. The number of nitrogens with one attached hydrogen (secondary N) is 1. The van der Waals surface area contributed by atoms with E-state index in [1.165, 1.54) is 6.07 Å². The molecule has 1 N–H and O–H groups in total. The molecule has 0 aliphatic rings. The van der Waals surface area contributed by atoms with Gasteiger partial charge in [0.2, 0.25) is 0 Å². The predicted octanol–water partition coefficient (Wildman–Crippen LogP) is 2.17. The molecule has 0 aromatic heterocycles. The number of rotatable bonds is 4. The molecule has 1 rings (SSSR count). The van der Waals surface area contributed by atoms with E-state index in [0.29, 0.717) is 6.54 Å². The van der Waals surface area contributed by atoms with E-state index in [9.17, 15) is 9.18 Å². The number of hydrogen-bond donors (Lipinski definition) is 1. The van der Waals surface area contributed by atoms with Crippen LogP contribution in [0.5, 0.6) is 0 Å². The van der Waals surface area contributed by atoms with Gasteiger partial charge in [-0.15, -0.1) is 0 Å². The van der Waals surface area contributed by atoms with Crippen molar-refractivity contribution in [3.63, 3.8) is 0 Å². The van der Waals surface area contributed by atoms with Crippen LogP contribution in [-0.2, 0) is 0 Å². The maximum atomic E-state index is 13.4. The highest BCUT2D eigenvalue weighted by atomic mass is 19.1. The Bertz CT molecular complexity index is 363. The van der Waals surface area contributed by atoms with Gasteiger partial charge in [-0.2, -0.15) is 0 Å². The molecule has 1 atom stereocenters. The van der Waals surface area contributed by atoms with Crippen molar-refractivity contribution in [3.8, 4) is 0 Å². The topological polar surface area (TPSA) is 29.1 Å². The monoisotopic (exact) mass is 209 g/mol. The molecule has 0 saturated heterocycles. The van der Waals surface area contributed by atoms with Gasteiger partial charge in [0, 0.05) is 12.5 Å². The summed E-state index contributed by atoms with van der Waals surface area (Å²) in [6.07, 6.45) is 0. The van der Waals surface area contributed by atoms with Crippen LogP contribution in [0, 0.1) is 18.7 Å². The number of carbonyl (C=O) groups excluding carboxylic acids is 1. The van der Waals surface area contributed by atoms with E-state index in [4.69, 9.17) is 0 Å². The highest BCUT2D eigenvalue weighted by molar-refractivity contribution is 5.98. The van der Waals surface area contributed by atoms with Crippen LogP contribution in [0.3, 0.4) is 0 Å². The van der Waals surface area contributed by atoms with Crippen LogP contribution in [0.2, 0.25) is 0 Å². The second-order valence-electron chi connectivity index (χ2n) is 3.81.